The molecule has 0 aromatic carbocycles. The van der Waals surface area contributed by atoms with Crippen LogP contribution in [-0.4, -0.2) is 53.3 Å². The van der Waals surface area contributed by atoms with Gasteiger partial charge in [0.1, 0.15) is 0 Å². The third-order valence-electron chi connectivity index (χ3n) is 12.1. The van der Waals surface area contributed by atoms with Gasteiger partial charge in [-0.05, 0) is 104 Å². The normalized spacial score (nSPS) is 42.1. The fourth-order valence-electron chi connectivity index (χ4n) is 10.1. The second kappa shape index (κ2) is 9.18. The quantitative estimate of drug-likeness (QED) is 0.267. The highest BCUT2D eigenvalue weighted by molar-refractivity contribution is 5.09. The summed E-state index contributed by atoms with van der Waals surface area (Å²) >= 11 is 0. The van der Waals surface area contributed by atoms with Crippen molar-refractivity contribution in [2.24, 2.45) is 52.3 Å². The van der Waals surface area contributed by atoms with Crippen molar-refractivity contribution in [2.45, 2.75) is 122 Å². The first-order valence-corrected chi connectivity index (χ1v) is 14.1. The summed E-state index contributed by atoms with van der Waals surface area (Å²) in [5.74, 6) is -4.83. The molecule has 0 aliphatic heterocycles. The lowest BCUT2D eigenvalue weighted by atomic mass is 9.44. The molecule has 0 saturated heterocycles. The molecule has 0 radical (unpaired) electrons. The molecule has 4 rings (SSSR count). The van der Waals surface area contributed by atoms with Crippen LogP contribution in [0.25, 0.3) is 0 Å². The molecule has 0 bridgehead atoms. The topological polar surface area (TPSA) is 142 Å². The van der Waals surface area contributed by atoms with E-state index in [0.29, 0.717) is 17.8 Å². The van der Waals surface area contributed by atoms with Gasteiger partial charge < -0.3 is 35.7 Å². The molecule has 4 saturated carbocycles. The van der Waals surface area contributed by atoms with Crippen molar-refractivity contribution in [1.82, 2.24) is 0 Å². The van der Waals surface area contributed by atoms with Gasteiger partial charge in [-0.2, -0.15) is 0 Å². The van der Waals surface area contributed by atoms with Crippen LogP contribution in [0.15, 0.2) is 0 Å². The third-order valence-corrected chi connectivity index (χ3v) is 12.1. The van der Waals surface area contributed by atoms with Crippen LogP contribution < -0.4 is 0 Å². The molecule has 9 atom stereocenters. The van der Waals surface area contributed by atoms with Gasteiger partial charge in [0.05, 0.1) is 0 Å². The van der Waals surface area contributed by atoms with Gasteiger partial charge >= 0.3 is 11.9 Å². The fraction of sp³-hybridized carbons (Fsp3) is 1.00. The molecule has 7 nitrogen and oxygen atoms in total. The van der Waals surface area contributed by atoms with E-state index in [1.807, 2.05) is 0 Å². The Bertz CT molecular complexity index is 743. The molecule has 35 heavy (non-hydrogen) atoms. The summed E-state index contributed by atoms with van der Waals surface area (Å²) in [4.78, 5) is 0. The van der Waals surface area contributed by atoms with E-state index in [2.05, 4.69) is 20.8 Å². The zero-order chi connectivity index (χ0) is 26.0. The molecule has 0 spiro atoms. The molecule has 4 fully saturated rings. The lowest BCUT2D eigenvalue weighted by Crippen LogP contribution is -2.71. The molecule has 204 valence electrons. The molecule has 0 amide bonds. The van der Waals surface area contributed by atoms with Crippen molar-refractivity contribution < 1.29 is 35.7 Å². The minimum absolute atomic E-state index is 0.188. The largest absolute Gasteiger partial charge is 0.375 e. The first kappa shape index (κ1) is 27.7. The average molecular weight is 499 g/mol. The maximum Gasteiger partial charge on any atom is 0.314 e. The lowest BCUT2D eigenvalue weighted by Gasteiger charge is -2.61. The standard InChI is InChI=1S/C28H50O7/c1-17(8-9-18(2)26(29,27(30,31)32)28(33,34)35)21-12-13-22-20-11-10-19-7-5-6-15-24(19,3)23(20)14-16-25(21,22)4/h17-23,29-35H,5-16H2,1-4H3/t17-,18+,19?,20+,21-,22+,23+,24+,25-/m1/s1. The van der Waals surface area contributed by atoms with Gasteiger partial charge in [-0.1, -0.05) is 47.0 Å². The lowest BCUT2D eigenvalue weighted by molar-refractivity contribution is -0.504. The molecule has 0 aromatic rings. The molecule has 0 aromatic heterocycles. The fourth-order valence-corrected chi connectivity index (χ4v) is 10.1. The highest BCUT2D eigenvalue weighted by Crippen LogP contribution is 2.68. The Morgan fingerprint density at radius 1 is 0.686 bits per heavy atom. The van der Waals surface area contributed by atoms with Crippen molar-refractivity contribution >= 4 is 0 Å². The Kier molecular flexibility index (Phi) is 7.28. The van der Waals surface area contributed by atoms with Crippen LogP contribution in [0.2, 0.25) is 0 Å². The van der Waals surface area contributed by atoms with Crippen LogP contribution in [0.1, 0.15) is 105 Å². The predicted octanol–water partition coefficient (Wildman–Crippen LogP) is 3.08. The van der Waals surface area contributed by atoms with Crippen LogP contribution in [0.4, 0.5) is 0 Å². The van der Waals surface area contributed by atoms with Crippen molar-refractivity contribution in [3.8, 4) is 0 Å². The summed E-state index contributed by atoms with van der Waals surface area (Å²) in [7, 11) is 0. The molecular formula is C28H50O7. The van der Waals surface area contributed by atoms with Crippen LogP contribution >= 0.6 is 0 Å². The molecule has 0 heterocycles. The molecule has 7 heteroatoms. The summed E-state index contributed by atoms with van der Waals surface area (Å²) in [6.45, 7) is 8.65. The van der Waals surface area contributed by atoms with Crippen molar-refractivity contribution in [1.29, 1.82) is 0 Å². The van der Waals surface area contributed by atoms with E-state index >= 15 is 0 Å². The monoisotopic (exact) mass is 498 g/mol. The minimum atomic E-state index is -3.87. The van der Waals surface area contributed by atoms with E-state index in [1.165, 1.54) is 64.7 Å². The summed E-state index contributed by atoms with van der Waals surface area (Å²) < 4.78 is 0. The highest BCUT2D eigenvalue weighted by Gasteiger charge is 2.65. The predicted molar refractivity (Wildman–Crippen MR) is 131 cm³/mol. The second-order valence-electron chi connectivity index (χ2n) is 13.6. The molecule has 7 N–H and O–H groups in total. The van der Waals surface area contributed by atoms with Crippen LogP contribution in [0.3, 0.4) is 0 Å². The van der Waals surface area contributed by atoms with E-state index < -0.39 is 23.5 Å². The maximum absolute atomic E-state index is 10.5. The number of hydrogen-bond acceptors (Lipinski definition) is 7. The molecule has 4 aliphatic carbocycles. The maximum atomic E-state index is 10.5. The second-order valence-corrected chi connectivity index (χ2v) is 13.6. The van der Waals surface area contributed by atoms with Gasteiger partial charge in [-0.3, -0.25) is 0 Å². The van der Waals surface area contributed by atoms with Gasteiger partial charge in [0.2, 0.25) is 5.60 Å². The number of rotatable bonds is 7. The van der Waals surface area contributed by atoms with Gasteiger partial charge in [0.15, 0.2) is 0 Å². The third kappa shape index (κ3) is 4.31. The Balaban J connectivity index is 1.44. The minimum Gasteiger partial charge on any atom is -0.375 e. The van der Waals surface area contributed by atoms with E-state index in [0.717, 1.165) is 30.1 Å². The van der Waals surface area contributed by atoms with E-state index in [4.69, 9.17) is 0 Å². The summed E-state index contributed by atoms with van der Waals surface area (Å²) in [5.41, 5.74) is -2.54. The summed E-state index contributed by atoms with van der Waals surface area (Å²) in [5, 5.41) is 68.2. The Labute approximate surface area is 210 Å². The Morgan fingerprint density at radius 2 is 1.31 bits per heavy atom. The first-order chi connectivity index (χ1) is 16.1. The Morgan fingerprint density at radius 3 is 1.94 bits per heavy atom. The van der Waals surface area contributed by atoms with Gasteiger partial charge in [0, 0.05) is 5.92 Å². The molecular weight excluding hydrogens is 448 g/mol. The molecule has 1 unspecified atom stereocenters. The summed E-state index contributed by atoms with van der Waals surface area (Å²) in [6, 6.07) is 0. The summed E-state index contributed by atoms with van der Waals surface area (Å²) in [6.07, 6.45) is 14.1. The van der Waals surface area contributed by atoms with Crippen LogP contribution in [0, 0.1) is 52.3 Å². The van der Waals surface area contributed by atoms with E-state index in [9.17, 15) is 35.7 Å². The van der Waals surface area contributed by atoms with E-state index in [-0.39, 0.29) is 17.8 Å². The van der Waals surface area contributed by atoms with Crippen molar-refractivity contribution in [3.63, 3.8) is 0 Å². The van der Waals surface area contributed by atoms with Crippen molar-refractivity contribution in [3.05, 3.63) is 0 Å². The van der Waals surface area contributed by atoms with Crippen LogP contribution in [0.5, 0.6) is 0 Å². The highest BCUT2D eigenvalue weighted by atomic mass is 16.7. The van der Waals surface area contributed by atoms with Crippen LogP contribution in [-0.2, 0) is 0 Å². The average Bonchev–Trinajstić information content (AvgIpc) is 3.12. The van der Waals surface area contributed by atoms with Gasteiger partial charge in [0.25, 0.3) is 0 Å². The number of hydrogen-bond donors (Lipinski definition) is 7. The van der Waals surface area contributed by atoms with E-state index in [1.54, 1.807) is 0 Å². The first-order valence-electron chi connectivity index (χ1n) is 14.1. The SMILES string of the molecule is C[C@H](CC[C@H](C)C(O)(C(O)(O)O)C(O)(O)O)[C@H]1CC[C@H]2[C@@H]3CCC4CCCC[C@]4(C)[C@H]3CC[C@]12C. The zero-order valence-corrected chi connectivity index (χ0v) is 22.2. The smallest absolute Gasteiger partial charge is 0.314 e. The molecule has 4 aliphatic rings. The number of aliphatic hydroxyl groups is 7. The van der Waals surface area contributed by atoms with Gasteiger partial charge in [-0.25, -0.2) is 0 Å². The van der Waals surface area contributed by atoms with Crippen molar-refractivity contribution in [2.75, 3.05) is 0 Å². The van der Waals surface area contributed by atoms with Gasteiger partial charge in [-0.15, -0.1) is 0 Å². The number of fused-ring (bicyclic) bond motifs is 5. The zero-order valence-electron chi connectivity index (χ0n) is 22.2. The Hall–Kier alpha value is -0.280.